The zero-order valence-corrected chi connectivity index (χ0v) is 10.1. The summed E-state index contributed by atoms with van der Waals surface area (Å²) in [6.45, 7) is 4.32. The van der Waals surface area contributed by atoms with Crippen LogP contribution in [0.1, 0.15) is 25.0 Å². The smallest absolute Gasteiger partial charge is 0.123 e. The summed E-state index contributed by atoms with van der Waals surface area (Å²) < 4.78 is 12.7. The second-order valence-electron chi connectivity index (χ2n) is 4.01. The normalized spacial score (nSPS) is 13.0. The van der Waals surface area contributed by atoms with E-state index in [2.05, 4.69) is 4.90 Å². The summed E-state index contributed by atoms with van der Waals surface area (Å²) in [6, 6.07) is 5.90. The Bertz CT molecular complexity index is 316. The highest BCUT2D eigenvalue weighted by atomic mass is 19.1. The molecule has 0 radical (unpaired) electrons. The van der Waals surface area contributed by atoms with Gasteiger partial charge >= 0.3 is 0 Å². The largest absolute Gasteiger partial charge is 0.395 e. The monoisotopic (exact) mass is 241 g/mol. The van der Waals surface area contributed by atoms with E-state index in [1.165, 1.54) is 12.1 Å². The van der Waals surface area contributed by atoms with E-state index < -0.39 is 6.10 Å². The van der Waals surface area contributed by atoms with Crippen molar-refractivity contribution in [3.63, 3.8) is 0 Å². The zero-order valence-electron chi connectivity index (χ0n) is 10.1. The minimum Gasteiger partial charge on any atom is -0.395 e. The first-order valence-corrected chi connectivity index (χ1v) is 5.94. The molecule has 0 bridgehead atoms. The first-order valence-electron chi connectivity index (χ1n) is 5.94. The van der Waals surface area contributed by atoms with Gasteiger partial charge in [-0.15, -0.1) is 0 Å². The average Bonchev–Trinajstić information content (AvgIpc) is 2.35. The van der Waals surface area contributed by atoms with Crippen LogP contribution in [0.5, 0.6) is 0 Å². The van der Waals surface area contributed by atoms with Crippen molar-refractivity contribution in [2.75, 3.05) is 26.2 Å². The summed E-state index contributed by atoms with van der Waals surface area (Å²) in [5.41, 5.74) is 0.728. The van der Waals surface area contributed by atoms with Crippen molar-refractivity contribution >= 4 is 0 Å². The Morgan fingerprint density at radius 2 is 1.88 bits per heavy atom. The summed E-state index contributed by atoms with van der Waals surface area (Å²) >= 11 is 0. The summed E-state index contributed by atoms with van der Waals surface area (Å²) in [7, 11) is 0. The summed E-state index contributed by atoms with van der Waals surface area (Å²) in [5, 5.41) is 18.7. The first kappa shape index (κ1) is 14.1. The molecule has 1 aromatic carbocycles. The third-order valence-electron chi connectivity index (χ3n) is 2.84. The average molecular weight is 241 g/mol. The number of hydrogen-bond acceptors (Lipinski definition) is 3. The molecule has 17 heavy (non-hydrogen) atoms. The number of likely N-dealkylation sites (N-methyl/N-ethyl adjacent to an activating group) is 1. The minimum atomic E-state index is -0.580. The third-order valence-corrected chi connectivity index (χ3v) is 2.84. The lowest BCUT2D eigenvalue weighted by molar-refractivity contribution is 0.133. The number of nitrogens with zero attached hydrogens (tertiary/aromatic N) is 1. The molecule has 1 aromatic rings. The number of aliphatic hydroxyl groups excluding tert-OH is 2. The van der Waals surface area contributed by atoms with Crippen molar-refractivity contribution in [1.29, 1.82) is 0 Å². The van der Waals surface area contributed by atoms with Crippen LogP contribution in [0, 0.1) is 5.82 Å². The van der Waals surface area contributed by atoms with Crippen LogP contribution in [-0.2, 0) is 0 Å². The Kier molecular flexibility index (Phi) is 6.11. The lowest BCUT2D eigenvalue weighted by atomic mass is 10.1. The van der Waals surface area contributed by atoms with Crippen LogP contribution in [0.25, 0.3) is 0 Å². The van der Waals surface area contributed by atoms with Crippen molar-refractivity contribution in [3.05, 3.63) is 35.6 Å². The summed E-state index contributed by atoms with van der Waals surface area (Å²) in [6.07, 6.45) is 0.00257. The van der Waals surface area contributed by atoms with Crippen LogP contribution >= 0.6 is 0 Å². The fraction of sp³-hybridized carbons (Fsp3) is 0.538. The van der Waals surface area contributed by atoms with E-state index in [-0.39, 0.29) is 12.4 Å². The molecule has 0 aliphatic carbocycles. The Hall–Kier alpha value is -0.970. The van der Waals surface area contributed by atoms with Gasteiger partial charge in [-0.25, -0.2) is 4.39 Å². The Morgan fingerprint density at radius 1 is 1.24 bits per heavy atom. The van der Waals surface area contributed by atoms with Crippen LogP contribution in [0.4, 0.5) is 4.39 Å². The molecule has 3 nitrogen and oxygen atoms in total. The first-order chi connectivity index (χ1) is 8.17. The van der Waals surface area contributed by atoms with Crippen LogP contribution < -0.4 is 0 Å². The van der Waals surface area contributed by atoms with E-state index in [4.69, 9.17) is 5.11 Å². The van der Waals surface area contributed by atoms with Gasteiger partial charge in [0.2, 0.25) is 0 Å². The predicted octanol–water partition coefficient (Wildman–Crippen LogP) is 1.56. The zero-order chi connectivity index (χ0) is 12.7. The van der Waals surface area contributed by atoms with Gasteiger partial charge in [-0.05, 0) is 30.7 Å². The lowest BCUT2D eigenvalue weighted by Gasteiger charge is -2.21. The SMILES string of the molecule is CCN(CCO)CCC(O)c1ccc(F)cc1. The van der Waals surface area contributed by atoms with E-state index in [9.17, 15) is 9.50 Å². The lowest BCUT2D eigenvalue weighted by Crippen LogP contribution is -2.28. The maximum Gasteiger partial charge on any atom is 0.123 e. The van der Waals surface area contributed by atoms with Crippen LogP contribution in [0.3, 0.4) is 0 Å². The fourth-order valence-corrected chi connectivity index (χ4v) is 1.73. The van der Waals surface area contributed by atoms with Gasteiger partial charge in [0.1, 0.15) is 5.82 Å². The molecule has 0 aromatic heterocycles. The van der Waals surface area contributed by atoms with E-state index in [1.54, 1.807) is 12.1 Å². The molecular formula is C13H20FNO2. The Labute approximate surface area is 101 Å². The van der Waals surface area contributed by atoms with E-state index in [1.807, 2.05) is 6.92 Å². The standard InChI is InChI=1S/C13H20FNO2/c1-2-15(9-10-16)8-7-13(17)11-3-5-12(14)6-4-11/h3-6,13,16-17H,2,7-10H2,1H3. The highest BCUT2D eigenvalue weighted by molar-refractivity contribution is 5.18. The number of rotatable bonds is 7. The fourth-order valence-electron chi connectivity index (χ4n) is 1.73. The Morgan fingerprint density at radius 3 is 2.41 bits per heavy atom. The molecule has 0 spiro atoms. The molecule has 2 N–H and O–H groups in total. The number of benzene rings is 1. The molecule has 96 valence electrons. The molecule has 0 amide bonds. The van der Waals surface area contributed by atoms with Gasteiger partial charge in [-0.2, -0.15) is 0 Å². The van der Waals surface area contributed by atoms with Gasteiger partial charge in [0.25, 0.3) is 0 Å². The van der Waals surface area contributed by atoms with Crippen molar-refractivity contribution < 1.29 is 14.6 Å². The van der Waals surface area contributed by atoms with Gasteiger partial charge in [-0.1, -0.05) is 19.1 Å². The summed E-state index contributed by atoms with van der Waals surface area (Å²) in [5.74, 6) is -0.295. The highest BCUT2D eigenvalue weighted by Gasteiger charge is 2.09. The topological polar surface area (TPSA) is 43.7 Å². The number of hydrogen-bond donors (Lipinski definition) is 2. The molecule has 0 aliphatic rings. The van der Waals surface area contributed by atoms with E-state index in [0.29, 0.717) is 13.0 Å². The van der Waals surface area contributed by atoms with Crippen molar-refractivity contribution in [2.24, 2.45) is 0 Å². The summed E-state index contributed by atoms with van der Waals surface area (Å²) in [4.78, 5) is 2.06. The second kappa shape index (κ2) is 7.37. The van der Waals surface area contributed by atoms with Crippen LogP contribution in [-0.4, -0.2) is 41.4 Å². The minimum absolute atomic E-state index is 0.125. The van der Waals surface area contributed by atoms with Gasteiger partial charge in [-0.3, -0.25) is 0 Å². The molecule has 0 saturated heterocycles. The van der Waals surface area contributed by atoms with Gasteiger partial charge in [0, 0.05) is 13.1 Å². The molecule has 0 heterocycles. The van der Waals surface area contributed by atoms with Crippen LogP contribution in [0.2, 0.25) is 0 Å². The predicted molar refractivity (Wildman–Crippen MR) is 65.2 cm³/mol. The molecule has 0 fully saturated rings. The van der Waals surface area contributed by atoms with Crippen molar-refractivity contribution in [2.45, 2.75) is 19.4 Å². The molecule has 1 atom stereocenters. The maximum absolute atomic E-state index is 12.7. The highest BCUT2D eigenvalue weighted by Crippen LogP contribution is 2.17. The number of aliphatic hydroxyl groups is 2. The van der Waals surface area contributed by atoms with Crippen molar-refractivity contribution in [3.8, 4) is 0 Å². The maximum atomic E-state index is 12.7. The number of halogens is 1. The van der Waals surface area contributed by atoms with Crippen LogP contribution in [0.15, 0.2) is 24.3 Å². The third kappa shape index (κ3) is 4.81. The molecule has 0 saturated carbocycles. The van der Waals surface area contributed by atoms with Gasteiger partial charge in [0.05, 0.1) is 12.7 Å². The molecule has 1 rings (SSSR count). The Balaban J connectivity index is 2.43. The second-order valence-corrected chi connectivity index (χ2v) is 4.01. The molecule has 0 aliphatic heterocycles. The van der Waals surface area contributed by atoms with E-state index >= 15 is 0 Å². The van der Waals surface area contributed by atoms with E-state index in [0.717, 1.165) is 18.7 Å². The molecule has 1 unspecified atom stereocenters. The van der Waals surface area contributed by atoms with Gasteiger partial charge in [0.15, 0.2) is 0 Å². The molecule has 4 heteroatoms. The molecular weight excluding hydrogens is 221 g/mol. The van der Waals surface area contributed by atoms with Crippen molar-refractivity contribution in [1.82, 2.24) is 4.90 Å². The van der Waals surface area contributed by atoms with Gasteiger partial charge < -0.3 is 15.1 Å². The quantitative estimate of drug-likeness (QED) is 0.761.